The van der Waals surface area contributed by atoms with Crippen LogP contribution in [0.5, 0.6) is 0 Å². The predicted octanol–water partition coefficient (Wildman–Crippen LogP) is 5.94. The number of hydrogen-bond acceptors (Lipinski definition) is 2. The zero-order chi connectivity index (χ0) is 17.3. The van der Waals surface area contributed by atoms with Gasteiger partial charge in [-0.2, -0.15) is 5.10 Å². The average molecular weight is 401 g/mol. The monoisotopic (exact) mass is 399 g/mol. The van der Waals surface area contributed by atoms with Crippen molar-refractivity contribution in [2.45, 2.75) is 0 Å². The summed E-state index contributed by atoms with van der Waals surface area (Å²) in [6, 6.07) is 11.6. The first-order chi connectivity index (χ1) is 11.5. The van der Waals surface area contributed by atoms with Gasteiger partial charge in [0.2, 0.25) is 0 Å². The number of anilines is 1. The molecule has 3 rings (SSSR count). The van der Waals surface area contributed by atoms with Crippen molar-refractivity contribution in [1.82, 2.24) is 10.2 Å². The molecular formula is C16H9Cl4N3O. The molecule has 8 heteroatoms. The lowest BCUT2D eigenvalue weighted by atomic mass is 10.1. The molecule has 2 N–H and O–H groups in total. The van der Waals surface area contributed by atoms with Gasteiger partial charge in [0, 0.05) is 10.6 Å². The van der Waals surface area contributed by atoms with Crippen LogP contribution in [0.1, 0.15) is 10.5 Å². The van der Waals surface area contributed by atoms with E-state index in [0.717, 1.165) is 0 Å². The maximum absolute atomic E-state index is 12.3. The van der Waals surface area contributed by atoms with E-state index < -0.39 is 5.91 Å². The highest BCUT2D eigenvalue weighted by atomic mass is 35.5. The molecule has 0 unspecified atom stereocenters. The molecule has 0 aliphatic carbocycles. The summed E-state index contributed by atoms with van der Waals surface area (Å²) in [5, 5.41) is 11.1. The standard InChI is InChI=1S/C16H9Cl4N3O/c17-8-4-5-9(12(20)6-8)13-7-14(23-22-13)16(24)21-15-10(18)2-1-3-11(15)19/h1-7H,(H,21,24)(H,22,23). The topological polar surface area (TPSA) is 57.8 Å². The average Bonchev–Trinajstić information content (AvgIpc) is 3.00. The molecule has 0 saturated carbocycles. The van der Waals surface area contributed by atoms with Gasteiger partial charge in [-0.15, -0.1) is 0 Å². The number of aromatic amines is 1. The van der Waals surface area contributed by atoms with Crippen LogP contribution >= 0.6 is 46.4 Å². The first-order valence-corrected chi connectivity index (χ1v) is 8.23. The molecule has 0 aliphatic heterocycles. The summed E-state index contributed by atoms with van der Waals surface area (Å²) in [5.41, 5.74) is 1.76. The number of amides is 1. The third kappa shape index (κ3) is 3.52. The molecule has 2 aromatic carbocycles. The van der Waals surface area contributed by atoms with Gasteiger partial charge in [-0.25, -0.2) is 0 Å². The fourth-order valence-corrected chi connectivity index (χ4v) is 3.07. The highest BCUT2D eigenvalue weighted by Crippen LogP contribution is 2.31. The van der Waals surface area contributed by atoms with Crippen molar-refractivity contribution >= 4 is 58.0 Å². The number of para-hydroxylation sites is 1. The number of carbonyl (C=O) groups is 1. The normalized spacial score (nSPS) is 10.7. The van der Waals surface area contributed by atoms with Crippen LogP contribution in [0.4, 0.5) is 5.69 Å². The number of hydrogen-bond donors (Lipinski definition) is 2. The Morgan fingerprint density at radius 3 is 2.33 bits per heavy atom. The second kappa shape index (κ2) is 7.03. The second-order valence-corrected chi connectivity index (χ2v) is 6.50. The lowest BCUT2D eigenvalue weighted by Crippen LogP contribution is -2.13. The lowest BCUT2D eigenvalue weighted by molar-refractivity contribution is 0.102. The first kappa shape index (κ1) is 17.1. The van der Waals surface area contributed by atoms with E-state index in [1.807, 2.05) is 0 Å². The summed E-state index contributed by atoms with van der Waals surface area (Å²) in [7, 11) is 0. The number of halogens is 4. The SMILES string of the molecule is O=C(Nc1c(Cl)cccc1Cl)c1cc(-c2ccc(Cl)cc2Cl)n[nH]1. The Balaban J connectivity index is 1.86. The number of nitrogens with zero attached hydrogens (tertiary/aromatic N) is 1. The van der Waals surface area contributed by atoms with Crippen LogP contribution in [0.25, 0.3) is 11.3 Å². The highest BCUT2D eigenvalue weighted by molar-refractivity contribution is 6.40. The molecule has 0 atom stereocenters. The molecule has 1 amide bonds. The van der Waals surface area contributed by atoms with Crippen molar-refractivity contribution in [1.29, 1.82) is 0 Å². The molecule has 0 aliphatic rings. The van der Waals surface area contributed by atoms with E-state index in [4.69, 9.17) is 46.4 Å². The number of benzene rings is 2. The maximum atomic E-state index is 12.3. The fraction of sp³-hybridized carbons (Fsp3) is 0. The Labute approximate surface area is 157 Å². The predicted molar refractivity (Wildman–Crippen MR) is 98.5 cm³/mol. The zero-order valence-corrected chi connectivity index (χ0v) is 14.9. The van der Waals surface area contributed by atoms with Crippen LogP contribution in [0, 0.1) is 0 Å². The fourth-order valence-electron chi connectivity index (χ4n) is 2.07. The second-order valence-electron chi connectivity index (χ2n) is 4.84. The molecule has 3 aromatic rings. The summed E-state index contributed by atoms with van der Waals surface area (Å²) in [5.74, 6) is -0.422. The van der Waals surface area contributed by atoms with E-state index in [9.17, 15) is 4.79 Å². The van der Waals surface area contributed by atoms with Crippen LogP contribution in [0.2, 0.25) is 20.1 Å². The van der Waals surface area contributed by atoms with E-state index in [1.165, 1.54) is 0 Å². The molecule has 122 valence electrons. The Kier molecular flexibility index (Phi) is 5.01. The van der Waals surface area contributed by atoms with Crippen molar-refractivity contribution in [2.24, 2.45) is 0 Å². The van der Waals surface area contributed by atoms with Gasteiger partial charge in [-0.1, -0.05) is 52.5 Å². The van der Waals surface area contributed by atoms with Gasteiger partial charge >= 0.3 is 0 Å². The molecule has 4 nitrogen and oxygen atoms in total. The summed E-state index contributed by atoms with van der Waals surface area (Å²) in [6.45, 7) is 0. The van der Waals surface area contributed by atoms with Gasteiger partial charge in [0.05, 0.1) is 26.4 Å². The molecule has 1 aromatic heterocycles. The highest BCUT2D eigenvalue weighted by Gasteiger charge is 2.15. The number of H-pyrrole nitrogens is 1. The minimum atomic E-state index is -0.422. The van der Waals surface area contributed by atoms with Crippen molar-refractivity contribution in [3.63, 3.8) is 0 Å². The van der Waals surface area contributed by atoms with Crippen LogP contribution in [-0.2, 0) is 0 Å². The van der Waals surface area contributed by atoms with Gasteiger partial charge in [-0.05, 0) is 36.4 Å². The Morgan fingerprint density at radius 1 is 0.958 bits per heavy atom. The van der Waals surface area contributed by atoms with Crippen LogP contribution in [0.15, 0.2) is 42.5 Å². The van der Waals surface area contributed by atoms with Crippen molar-refractivity contribution < 1.29 is 4.79 Å². The molecule has 0 fully saturated rings. The van der Waals surface area contributed by atoms with Crippen LogP contribution in [-0.4, -0.2) is 16.1 Å². The maximum Gasteiger partial charge on any atom is 0.273 e. The minimum absolute atomic E-state index is 0.243. The van der Waals surface area contributed by atoms with Gasteiger partial charge in [-0.3, -0.25) is 9.89 Å². The summed E-state index contributed by atoms with van der Waals surface area (Å²) in [4.78, 5) is 12.3. The zero-order valence-electron chi connectivity index (χ0n) is 11.9. The largest absolute Gasteiger partial charge is 0.318 e. The summed E-state index contributed by atoms with van der Waals surface area (Å²) in [6.07, 6.45) is 0. The smallest absolute Gasteiger partial charge is 0.273 e. The molecule has 24 heavy (non-hydrogen) atoms. The van der Waals surface area contributed by atoms with Crippen molar-refractivity contribution in [2.75, 3.05) is 5.32 Å². The molecule has 0 bridgehead atoms. The number of aromatic nitrogens is 2. The van der Waals surface area contributed by atoms with E-state index >= 15 is 0 Å². The van der Waals surface area contributed by atoms with Gasteiger partial charge in [0.25, 0.3) is 5.91 Å². The molecular weight excluding hydrogens is 392 g/mol. The summed E-state index contributed by atoms with van der Waals surface area (Å²) >= 11 is 24.1. The van der Waals surface area contributed by atoms with E-state index in [1.54, 1.807) is 42.5 Å². The quantitative estimate of drug-likeness (QED) is 0.571. The van der Waals surface area contributed by atoms with Crippen LogP contribution < -0.4 is 5.32 Å². The third-order valence-corrected chi connectivity index (χ3v) is 4.41. The van der Waals surface area contributed by atoms with E-state index in [-0.39, 0.29) is 5.69 Å². The van der Waals surface area contributed by atoms with E-state index in [2.05, 4.69) is 15.5 Å². The minimum Gasteiger partial charge on any atom is -0.318 e. The number of rotatable bonds is 3. The van der Waals surface area contributed by atoms with Crippen LogP contribution in [0.3, 0.4) is 0 Å². The van der Waals surface area contributed by atoms with Gasteiger partial charge in [0.15, 0.2) is 0 Å². The number of nitrogens with one attached hydrogen (secondary N) is 2. The third-order valence-electron chi connectivity index (χ3n) is 3.23. The van der Waals surface area contributed by atoms with Crippen molar-refractivity contribution in [3.05, 3.63) is 68.2 Å². The molecule has 0 radical (unpaired) electrons. The Morgan fingerprint density at radius 2 is 1.67 bits per heavy atom. The van der Waals surface area contributed by atoms with Crippen molar-refractivity contribution in [3.8, 4) is 11.3 Å². The molecule has 0 spiro atoms. The Hall–Kier alpha value is -1.72. The van der Waals surface area contributed by atoms with E-state index in [0.29, 0.717) is 37.0 Å². The molecule has 0 saturated heterocycles. The molecule has 1 heterocycles. The first-order valence-electron chi connectivity index (χ1n) is 6.72. The Bertz CT molecular complexity index is 903. The van der Waals surface area contributed by atoms with Gasteiger partial charge in [0.1, 0.15) is 5.69 Å². The van der Waals surface area contributed by atoms with Gasteiger partial charge < -0.3 is 5.32 Å². The summed E-state index contributed by atoms with van der Waals surface area (Å²) < 4.78 is 0. The number of carbonyl (C=O) groups excluding carboxylic acids is 1. The lowest BCUT2D eigenvalue weighted by Gasteiger charge is -2.07.